The molecule has 0 heterocycles. The number of halogens is 2. The fourth-order valence-corrected chi connectivity index (χ4v) is 3.17. The van der Waals surface area contributed by atoms with Gasteiger partial charge in [-0.15, -0.1) is 0 Å². The first kappa shape index (κ1) is 24.5. The lowest BCUT2D eigenvalue weighted by Gasteiger charge is -2.10. The second kappa shape index (κ2) is 13.5. The van der Waals surface area contributed by atoms with Crippen LogP contribution in [0.1, 0.15) is 84.6 Å². The smallest absolute Gasteiger partial charge is 0.339 e. The number of hydrogen-bond donors (Lipinski definition) is 0. The van der Waals surface area contributed by atoms with Crippen molar-refractivity contribution < 1.29 is 27.8 Å². The second-order valence-electron chi connectivity index (χ2n) is 7.48. The minimum Gasteiger partial charge on any atom is -0.462 e. The molecule has 6 heteroatoms. The van der Waals surface area contributed by atoms with Gasteiger partial charge in [0.25, 0.3) is 0 Å². The summed E-state index contributed by atoms with van der Waals surface area (Å²) in [5, 5.41) is 0. The Balaban J connectivity index is 1.80. The fraction of sp³-hybridized carbons (Fsp3) is 0.440. The first-order valence-corrected chi connectivity index (χ1v) is 10.9. The first-order chi connectivity index (χ1) is 15.0. The quantitative estimate of drug-likeness (QED) is 0.264. The van der Waals surface area contributed by atoms with E-state index in [1.807, 2.05) is 0 Å². The lowest BCUT2D eigenvalue weighted by atomic mass is 10.1. The Morgan fingerprint density at radius 3 is 1.94 bits per heavy atom. The Hall–Kier alpha value is -2.76. The molecule has 0 bridgehead atoms. The van der Waals surface area contributed by atoms with E-state index in [1.54, 1.807) is 12.1 Å². The van der Waals surface area contributed by atoms with E-state index in [2.05, 4.69) is 6.92 Å². The van der Waals surface area contributed by atoms with Crippen molar-refractivity contribution in [1.29, 1.82) is 0 Å². The molecule has 0 fully saturated rings. The van der Waals surface area contributed by atoms with Gasteiger partial charge in [0, 0.05) is 0 Å². The molecule has 0 unspecified atom stereocenters. The third-order valence-electron chi connectivity index (χ3n) is 4.95. The highest BCUT2D eigenvalue weighted by atomic mass is 19.2. The van der Waals surface area contributed by atoms with Crippen molar-refractivity contribution in [2.24, 2.45) is 0 Å². The van der Waals surface area contributed by atoms with Crippen molar-refractivity contribution in [3.8, 4) is 0 Å². The molecule has 31 heavy (non-hydrogen) atoms. The van der Waals surface area contributed by atoms with Crippen LogP contribution in [0.15, 0.2) is 42.5 Å². The monoisotopic (exact) mass is 432 g/mol. The van der Waals surface area contributed by atoms with Crippen molar-refractivity contribution in [3.63, 3.8) is 0 Å². The summed E-state index contributed by atoms with van der Waals surface area (Å²) < 4.78 is 36.8. The number of carbonyl (C=O) groups excluding carboxylic acids is 2. The number of unbranched alkanes of at least 4 members (excludes halogenated alkanes) is 7. The van der Waals surface area contributed by atoms with E-state index in [0.29, 0.717) is 12.2 Å². The number of rotatable bonds is 13. The summed E-state index contributed by atoms with van der Waals surface area (Å²) >= 11 is 0. The predicted octanol–water partition coefficient (Wildman–Crippen LogP) is 6.62. The summed E-state index contributed by atoms with van der Waals surface area (Å²) in [6.07, 6.45) is 9.12. The van der Waals surface area contributed by atoms with E-state index in [-0.39, 0.29) is 17.7 Å². The molecule has 0 aliphatic rings. The molecule has 0 aliphatic heterocycles. The fourth-order valence-electron chi connectivity index (χ4n) is 3.17. The van der Waals surface area contributed by atoms with Crippen molar-refractivity contribution in [3.05, 3.63) is 70.8 Å². The van der Waals surface area contributed by atoms with Crippen LogP contribution in [-0.4, -0.2) is 18.5 Å². The van der Waals surface area contributed by atoms with Crippen LogP contribution < -0.4 is 0 Å². The maximum absolute atomic E-state index is 13.3. The molecular formula is C25H30F2O4. The van der Waals surface area contributed by atoms with E-state index < -0.39 is 23.6 Å². The molecule has 0 saturated carbocycles. The van der Waals surface area contributed by atoms with E-state index >= 15 is 0 Å². The van der Waals surface area contributed by atoms with Crippen LogP contribution in [0.3, 0.4) is 0 Å². The van der Waals surface area contributed by atoms with Gasteiger partial charge in [-0.05, 0) is 36.2 Å². The van der Waals surface area contributed by atoms with Gasteiger partial charge in [0.1, 0.15) is 6.61 Å². The van der Waals surface area contributed by atoms with Crippen LogP contribution in [0.25, 0.3) is 0 Å². The molecule has 2 aromatic rings. The Morgan fingerprint density at radius 1 is 0.742 bits per heavy atom. The van der Waals surface area contributed by atoms with Crippen LogP contribution in [0.4, 0.5) is 8.78 Å². The largest absolute Gasteiger partial charge is 0.462 e. The Morgan fingerprint density at radius 2 is 1.32 bits per heavy atom. The molecule has 0 radical (unpaired) electrons. The zero-order valence-corrected chi connectivity index (χ0v) is 18.0. The van der Waals surface area contributed by atoms with Gasteiger partial charge in [0.15, 0.2) is 11.6 Å². The lowest BCUT2D eigenvalue weighted by molar-refractivity contribution is 0.0436. The Kier molecular flexibility index (Phi) is 10.7. The molecule has 0 aromatic heterocycles. The summed E-state index contributed by atoms with van der Waals surface area (Å²) in [5.41, 5.74) is 0.505. The Labute approximate surface area is 182 Å². The van der Waals surface area contributed by atoms with E-state index in [0.717, 1.165) is 31.4 Å². The Bertz CT molecular complexity index is 851. The average Bonchev–Trinajstić information content (AvgIpc) is 2.78. The molecule has 0 saturated heterocycles. The lowest BCUT2D eigenvalue weighted by Crippen LogP contribution is -2.14. The molecule has 0 amide bonds. The van der Waals surface area contributed by atoms with E-state index in [9.17, 15) is 18.4 Å². The number of esters is 2. The van der Waals surface area contributed by atoms with Crippen molar-refractivity contribution in [1.82, 2.24) is 0 Å². The third-order valence-corrected chi connectivity index (χ3v) is 4.95. The molecular weight excluding hydrogens is 402 g/mol. The SMILES string of the molecule is CCCCCCCCCCOC(=O)c1ccccc1C(=O)OCc1ccc(F)c(F)c1. The minimum atomic E-state index is -1.02. The molecule has 0 atom stereocenters. The number of benzene rings is 2. The maximum Gasteiger partial charge on any atom is 0.339 e. The van der Waals surface area contributed by atoms with Gasteiger partial charge in [-0.3, -0.25) is 0 Å². The minimum absolute atomic E-state index is 0.0750. The van der Waals surface area contributed by atoms with Crippen LogP contribution in [0.2, 0.25) is 0 Å². The zero-order valence-electron chi connectivity index (χ0n) is 18.0. The number of ether oxygens (including phenoxy) is 2. The number of hydrogen-bond acceptors (Lipinski definition) is 4. The summed E-state index contributed by atoms with van der Waals surface area (Å²) in [4.78, 5) is 24.8. The topological polar surface area (TPSA) is 52.6 Å². The van der Waals surface area contributed by atoms with Crippen LogP contribution in [0.5, 0.6) is 0 Å². The highest BCUT2D eigenvalue weighted by Gasteiger charge is 2.19. The van der Waals surface area contributed by atoms with Crippen LogP contribution in [0, 0.1) is 11.6 Å². The van der Waals surface area contributed by atoms with Crippen molar-refractivity contribution >= 4 is 11.9 Å². The molecule has 0 spiro atoms. The molecule has 0 aliphatic carbocycles. The molecule has 2 aromatic carbocycles. The molecule has 2 rings (SSSR count). The normalized spacial score (nSPS) is 10.7. The molecule has 168 valence electrons. The highest BCUT2D eigenvalue weighted by Crippen LogP contribution is 2.15. The van der Waals surface area contributed by atoms with Gasteiger partial charge in [-0.1, -0.05) is 70.1 Å². The second-order valence-corrected chi connectivity index (χ2v) is 7.48. The van der Waals surface area contributed by atoms with Gasteiger partial charge >= 0.3 is 11.9 Å². The number of carbonyl (C=O) groups is 2. The molecule has 0 N–H and O–H groups in total. The highest BCUT2D eigenvalue weighted by molar-refractivity contribution is 6.03. The predicted molar refractivity (Wildman–Crippen MR) is 115 cm³/mol. The summed E-state index contributed by atoms with van der Waals surface area (Å²) in [7, 11) is 0. The van der Waals surface area contributed by atoms with Gasteiger partial charge in [-0.25, -0.2) is 18.4 Å². The van der Waals surface area contributed by atoms with Gasteiger partial charge in [0.2, 0.25) is 0 Å². The molecule has 4 nitrogen and oxygen atoms in total. The van der Waals surface area contributed by atoms with Crippen LogP contribution >= 0.6 is 0 Å². The van der Waals surface area contributed by atoms with Crippen molar-refractivity contribution in [2.75, 3.05) is 6.61 Å². The standard InChI is InChI=1S/C25H30F2O4/c1-2-3-4-5-6-7-8-11-16-30-24(28)20-12-9-10-13-21(20)25(29)31-18-19-14-15-22(26)23(27)17-19/h9-10,12-15,17H,2-8,11,16,18H2,1H3. The first-order valence-electron chi connectivity index (χ1n) is 10.9. The van der Waals surface area contributed by atoms with Gasteiger partial charge in [0.05, 0.1) is 17.7 Å². The van der Waals surface area contributed by atoms with E-state index in [4.69, 9.17) is 9.47 Å². The summed E-state index contributed by atoms with van der Waals surface area (Å²) in [6.45, 7) is 2.25. The van der Waals surface area contributed by atoms with Crippen molar-refractivity contribution in [2.45, 2.75) is 64.9 Å². The van der Waals surface area contributed by atoms with Gasteiger partial charge in [-0.2, -0.15) is 0 Å². The summed E-state index contributed by atoms with van der Waals surface area (Å²) in [5.74, 6) is -3.30. The maximum atomic E-state index is 13.3. The van der Waals surface area contributed by atoms with E-state index in [1.165, 1.54) is 50.3 Å². The van der Waals surface area contributed by atoms with Crippen LogP contribution in [-0.2, 0) is 16.1 Å². The zero-order chi connectivity index (χ0) is 22.5. The third kappa shape index (κ3) is 8.48. The average molecular weight is 433 g/mol. The summed E-state index contributed by atoms with van der Waals surface area (Å²) in [6, 6.07) is 9.49. The van der Waals surface area contributed by atoms with Gasteiger partial charge < -0.3 is 9.47 Å².